The van der Waals surface area contributed by atoms with E-state index >= 15 is 0 Å². The summed E-state index contributed by atoms with van der Waals surface area (Å²) in [6, 6.07) is 16.0. The van der Waals surface area contributed by atoms with Crippen molar-refractivity contribution in [3.63, 3.8) is 0 Å². The number of halogens is 1. The van der Waals surface area contributed by atoms with Crippen LogP contribution in [0.2, 0.25) is 0 Å². The lowest BCUT2D eigenvalue weighted by molar-refractivity contribution is 0.0904. The molecule has 0 bridgehead atoms. The second-order valence-corrected chi connectivity index (χ2v) is 7.27. The van der Waals surface area contributed by atoms with Gasteiger partial charge in [-0.3, -0.25) is 0 Å². The Bertz CT molecular complexity index is 734. The molecular weight excluding hydrogens is 343 g/mol. The van der Waals surface area contributed by atoms with Gasteiger partial charge in [0, 0.05) is 38.7 Å². The van der Waals surface area contributed by atoms with Crippen molar-refractivity contribution in [2.24, 2.45) is 5.92 Å². The van der Waals surface area contributed by atoms with Crippen molar-refractivity contribution >= 4 is 5.69 Å². The van der Waals surface area contributed by atoms with Gasteiger partial charge >= 0.3 is 0 Å². The molecule has 2 saturated heterocycles. The molecule has 1 N–H and O–H groups in total. The minimum Gasteiger partial charge on any atom is -0.378 e. The van der Waals surface area contributed by atoms with E-state index < -0.39 is 0 Å². The van der Waals surface area contributed by atoms with Crippen molar-refractivity contribution in [3.8, 4) is 0 Å². The Balaban J connectivity index is 1.32. The highest BCUT2D eigenvalue weighted by molar-refractivity contribution is 5.49. The standard InChI is InChI=1S/C22H27FN2O2/c23-20-14-17(6-7-21(20)25-9-12-26-13-10-25)15-24-16-19-8-11-27-22(19)18-4-2-1-3-5-18/h1-7,14,19,22,24H,8-13,15-16H2/t19-,22-/m1/s1. The van der Waals surface area contributed by atoms with Crippen molar-refractivity contribution < 1.29 is 13.9 Å². The summed E-state index contributed by atoms with van der Waals surface area (Å²) in [5, 5.41) is 3.49. The molecule has 2 fully saturated rings. The van der Waals surface area contributed by atoms with E-state index in [0.29, 0.717) is 31.4 Å². The molecule has 4 nitrogen and oxygen atoms in total. The summed E-state index contributed by atoms with van der Waals surface area (Å²) in [5.41, 5.74) is 2.89. The average molecular weight is 370 g/mol. The van der Waals surface area contributed by atoms with Crippen LogP contribution in [0.4, 0.5) is 10.1 Å². The number of nitrogens with zero attached hydrogens (tertiary/aromatic N) is 1. The molecule has 2 aromatic carbocycles. The van der Waals surface area contributed by atoms with Gasteiger partial charge in [-0.1, -0.05) is 36.4 Å². The van der Waals surface area contributed by atoms with E-state index in [0.717, 1.165) is 38.2 Å². The molecule has 0 aliphatic carbocycles. The summed E-state index contributed by atoms with van der Waals surface area (Å²) in [6.45, 7) is 5.15. The molecule has 5 heteroatoms. The first-order valence-corrected chi connectivity index (χ1v) is 9.79. The van der Waals surface area contributed by atoms with E-state index in [9.17, 15) is 4.39 Å². The van der Waals surface area contributed by atoms with Gasteiger partial charge in [0.2, 0.25) is 0 Å². The third kappa shape index (κ3) is 4.49. The second-order valence-electron chi connectivity index (χ2n) is 7.27. The monoisotopic (exact) mass is 370 g/mol. The van der Waals surface area contributed by atoms with Crippen molar-refractivity contribution in [2.75, 3.05) is 44.4 Å². The molecule has 2 aliphatic heterocycles. The fraction of sp³-hybridized carbons (Fsp3) is 0.455. The van der Waals surface area contributed by atoms with Crippen LogP contribution in [0.25, 0.3) is 0 Å². The van der Waals surface area contributed by atoms with E-state index in [1.54, 1.807) is 6.07 Å². The number of hydrogen-bond acceptors (Lipinski definition) is 4. The number of hydrogen-bond donors (Lipinski definition) is 1. The summed E-state index contributed by atoms with van der Waals surface area (Å²) in [4.78, 5) is 2.05. The number of anilines is 1. The van der Waals surface area contributed by atoms with Crippen LogP contribution in [0.1, 0.15) is 23.7 Å². The molecule has 4 rings (SSSR count). The minimum absolute atomic E-state index is 0.150. The Kier molecular flexibility index (Phi) is 6.02. The number of morpholine rings is 1. The molecule has 27 heavy (non-hydrogen) atoms. The Labute approximate surface area is 160 Å². The van der Waals surface area contributed by atoms with Crippen LogP contribution < -0.4 is 10.2 Å². The molecule has 0 radical (unpaired) electrons. The van der Waals surface area contributed by atoms with E-state index in [1.807, 2.05) is 18.2 Å². The topological polar surface area (TPSA) is 33.7 Å². The second kappa shape index (κ2) is 8.83. The molecule has 2 heterocycles. The van der Waals surface area contributed by atoms with Crippen molar-refractivity contribution in [3.05, 3.63) is 65.5 Å². The Morgan fingerprint density at radius 2 is 1.85 bits per heavy atom. The molecule has 2 atom stereocenters. The van der Waals surface area contributed by atoms with Crippen LogP contribution in [0.15, 0.2) is 48.5 Å². The molecule has 0 unspecified atom stereocenters. The molecule has 0 amide bonds. The first-order chi connectivity index (χ1) is 13.3. The van der Waals surface area contributed by atoms with Crippen molar-refractivity contribution in [1.82, 2.24) is 5.32 Å². The fourth-order valence-electron chi connectivity index (χ4n) is 3.98. The smallest absolute Gasteiger partial charge is 0.146 e. The van der Waals surface area contributed by atoms with Crippen LogP contribution in [-0.4, -0.2) is 39.5 Å². The highest BCUT2D eigenvalue weighted by atomic mass is 19.1. The van der Waals surface area contributed by atoms with Crippen molar-refractivity contribution in [1.29, 1.82) is 0 Å². The lowest BCUT2D eigenvalue weighted by Gasteiger charge is -2.29. The van der Waals surface area contributed by atoms with E-state index in [1.165, 1.54) is 5.56 Å². The maximum Gasteiger partial charge on any atom is 0.146 e. The van der Waals surface area contributed by atoms with Gasteiger partial charge in [0.05, 0.1) is 25.0 Å². The van der Waals surface area contributed by atoms with E-state index in [-0.39, 0.29) is 11.9 Å². The summed E-state index contributed by atoms with van der Waals surface area (Å²) in [5.74, 6) is 0.299. The largest absolute Gasteiger partial charge is 0.378 e. The highest BCUT2D eigenvalue weighted by Gasteiger charge is 2.29. The molecule has 2 aliphatic rings. The molecule has 0 spiro atoms. The summed E-state index contributed by atoms with van der Waals surface area (Å²) < 4.78 is 25.8. The van der Waals surface area contributed by atoms with Gasteiger partial charge in [-0.15, -0.1) is 0 Å². The average Bonchev–Trinajstić information content (AvgIpc) is 3.18. The summed E-state index contributed by atoms with van der Waals surface area (Å²) in [6.07, 6.45) is 1.20. The lowest BCUT2D eigenvalue weighted by Crippen LogP contribution is -2.36. The Hall–Kier alpha value is -1.95. The summed E-state index contributed by atoms with van der Waals surface area (Å²) in [7, 11) is 0. The first-order valence-electron chi connectivity index (χ1n) is 9.79. The quantitative estimate of drug-likeness (QED) is 0.844. The van der Waals surface area contributed by atoms with Crippen LogP contribution in [-0.2, 0) is 16.0 Å². The number of ether oxygens (including phenoxy) is 2. The van der Waals surface area contributed by atoms with Gasteiger partial charge in [-0.05, 0) is 29.7 Å². The predicted octanol–water partition coefficient (Wildman–Crippen LogP) is 3.53. The predicted molar refractivity (Wildman–Crippen MR) is 104 cm³/mol. The third-order valence-electron chi connectivity index (χ3n) is 5.44. The lowest BCUT2D eigenvalue weighted by atomic mass is 9.95. The van der Waals surface area contributed by atoms with Crippen LogP contribution in [0.5, 0.6) is 0 Å². The fourth-order valence-corrected chi connectivity index (χ4v) is 3.98. The first kappa shape index (κ1) is 18.4. The highest BCUT2D eigenvalue weighted by Crippen LogP contribution is 2.34. The van der Waals surface area contributed by atoms with Crippen LogP contribution in [0.3, 0.4) is 0 Å². The number of nitrogens with one attached hydrogen (secondary N) is 1. The van der Waals surface area contributed by atoms with Gasteiger partial charge < -0.3 is 19.7 Å². The van der Waals surface area contributed by atoms with E-state index in [2.05, 4.69) is 34.5 Å². The molecule has 2 aromatic rings. The molecule has 0 saturated carbocycles. The van der Waals surface area contributed by atoms with Gasteiger partial charge in [0.25, 0.3) is 0 Å². The Morgan fingerprint density at radius 3 is 2.63 bits per heavy atom. The summed E-state index contributed by atoms with van der Waals surface area (Å²) >= 11 is 0. The zero-order valence-electron chi connectivity index (χ0n) is 15.6. The molecule has 144 valence electrons. The maximum absolute atomic E-state index is 14.5. The zero-order valence-corrected chi connectivity index (χ0v) is 15.6. The van der Waals surface area contributed by atoms with Gasteiger partial charge in [-0.2, -0.15) is 0 Å². The van der Waals surface area contributed by atoms with E-state index in [4.69, 9.17) is 9.47 Å². The van der Waals surface area contributed by atoms with Gasteiger partial charge in [0.15, 0.2) is 0 Å². The minimum atomic E-state index is -0.150. The van der Waals surface area contributed by atoms with Gasteiger partial charge in [-0.25, -0.2) is 4.39 Å². The van der Waals surface area contributed by atoms with Gasteiger partial charge in [0.1, 0.15) is 5.82 Å². The van der Waals surface area contributed by atoms with Crippen molar-refractivity contribution in [2.45, 2.75) is 19.1 Å². The zero-order chi connectivity index (χ0) is 18.5. The third-order valence-corrected chi connectivity index (χ3v) is 5.44. The Morgan fingerprint density at radius 1 is 1.04 bits per heavy atom. The normalized spacial score (nSPS) is 22.9. The maximum atomic E-state index is 14.5. The molecular formula is C22H27FN2O2. The number of benzene rings is 2. The number of rotatable bonds is 6. The SMILES string of the molecule is Fc1cc(CNC[C@H]2CCO[C@@H]2c2ccccc2)ccc1N1CCOCC1. The van der Waals surface area contributed by atoms with Crippen LogP contribution in [0, 0.1) is 11.7 Å². The van der Waals surface area contributed by atoms with Crippen LogP contribution >= 0.6 is 0 Å². The molecule has 0 aromatic heterocycles.